The van der Waals surface area contributed by atoms with E-state index >= 15 is 0 Å². The van der Waals surface area contributed by atoms with Crippen molar-refractivity contribution in [2.75, 3.05) is 5.75 Å². The Labute approximate surface area is 139 Å². The maximum Gasteiger partial charge on any atom is 0.243 e. The van der Waals surface area contributed by atoms with Gasteiger partial charge in [-0.15, -0.1) is 0 Å². The van der Waals surface area contributed by atoms with Crippen LogP contribution in [0.15, 0.2) is 50.7 Å². The van der Waals surface area contributed by atoms with Gasteiger partial charge >= 0.3 is 0 Å². The molecule has 0 spiro atoms. The SMILES string of the molecule is N#CC1=C(N)N2C(=O)CSC2=C(C#N)C1c1ccc(Br)cc1. The molecule has 0 bridgehead atoms. The average molecular weight is 373 g/mol. The monoisotopic (exact) mass is 372 g/mol. The quantitative estimate of drug-likeness (QED) is 0.817. The van der Waals surface area contributed by atoms with E-state index in [4.69, 9.17) is 5.73 Å². The Bertz CT molecular complexity index is 813. The molecular weight excluding hydrogens is 364 g/mol. The smallest absolute Gasteiger partial charge is 0.243 e. The number of halogens is 1. The number of hydrogen-bond acceptors (Lipinski definition) is 5. The van der Waals surface area contributed by atoms with Crippen molar-refractivity contribution in [3.05, 3.63) is 56.3 Å². The molecule has 5 nitrogen and oxygen atoms in total. The van der Waals surface area contributed by atoms with Gasteiger partial charge < -0.3 is 5.73 Å². The third kappa shape index (κ3) is 2.10. The Morgan fingerprint density at radius 3 is 2.45 bits per heavy atom. The van der Waals surface area contributed by atoms with Gasteiger partial charge in [-0.05, 0) is 17.7 Å². The lowest BCUT2D eigenvalue weighted by Crippen LogP contribution is -2.35. The molecule has 1 atom stereocenters. The molecule has 0 aromatic heterocycles. The first kappa shape index (κ1) is 14.7. The number of amides is 1. The highest BCUT2D eigenvalue weighted by molar-refractivity contribution is 9.10. The number of fused-ring (bicyclic) bond motifs is 1. The van der Waals surface area contributed by atoms with Crippen molar-refractivity contribution in [2.45, 2.75) is 5.92 Å². The fraction of sp³-hybridized carbons (Fsp3) is 0.133. The molecule has 3 rings (SSSR count). The lowest BCUT2D eigenvalue weighted by Gasteiger charge is -2.29. The van der Waals surface area contributed by atoms with Gasteiger partial charge in [0.05, 0.1) is 40.0 Å². The van der Waals surface area contributed by atoms with E-state index in [-0.39, 0.29) is 23.1 Å². The second kappa shape index (κ2) is 5.53. The van der Waals surface area contributed by atoms with Gasteiger partial charge in [-0.25, -0.2) is 0 Å². The molecule has 2 heterocycles. The first-order valence-corrected chi connectivity index (χ1v) is 8.11. The van der Waals surface area contributed by atoms with Crippen LogP contribution < -0.4 is 5.73 Å². The van der Waals surface area contributed by atoms with Gasteiger partial charge in [-0.2, -0.15) is 10.5 Å². The highest BCUT2D eigenvalue weighted by atomic mass is 79.9. The number of rotatable bonds is 1. The number of allylic oxidation sites excluding steroid dienone is 2. The first-order chi connectivity index (χ1) is 10.6. The molecule has 2 aliphatic heterocycles. The standard InChI is InChI=1S/C15H9BrN4OS/c16-9-3-1-8(2-4-9)13-10(5-17)14(19)20-12(21)7-22-15(20)11(13)6-18/h1-4,13H,7,19H2. The summed E-state index contributed by atoms with van der Waals surface area (Å²) in [5, 5.41) is 19.6. The molecule has 7 heteroatoms. The van der Waals surface area contributed by atoms with E-state index in [1.807, 2.05) is 24.3 Å². The van der Waals surface area contributed by atoms with E-state index < -0.39 is 5.92 Å². The van der Waals surface area contributed by atoms with Crippen LogP contribution in [0.3, 0.4) is 0 Å². The maximum atomic E-state index is 12.0. The van der Waals surface area contributed by atoms with Crippen LogP contribution >= 0.6 is 27.7 Å². The molecule has 0 aliphatic carbocycles. The number of nitrogens with two attached hydrogens (primary N) is 1. The van der Waals surface area contributed by atoms with Crippen LogP contribution in [0.4, 0.5) is 0 Å². The van der Waals surface area contributed by atoms with E-state index in [1.54, 1.807) is 0 Å². The molecule has 1 saturated heterocycles. The van der Waals surface area contributed by atoms with E-state index in [1.165, 1.54) is 16.7 Å². The number of hydrogen-bond donors (Lipinski definition) is 1. The number of carbonyl (C=O) groups excluding carboxylic acids is 1. The predicted octanol–water partition coefficient (Wildman–Crippen LogP) is 2.55. The number of thioether (sulfide) groups is 1. The van der Waals surface area contributed by atoms with Gasteiger partial charge in [0, 0.05) is 4.47 Å². The van der Waals surface area contributed by atoms with Crippen LogP contribution in [0.2, 0.25) is 0 Å². The molecule has 1 fully saturated rings. The summed E-state index contributed by atoms with van der Waals surface area (Å²) in [5.41, 5.74) is 7.46. The summed E-state index contributed by atoms with van der Waals surface area (Å²) in [7, 11) is 0. The summed E-state index contributed by atoms with van der Waals surface area (Å²) in [6, 6.07) is 11.6. The number of carbonyl (C=O) groups is 1. The minimum atomic E-state index is -0.534. The Kier molecular flexibility index (Phi) is 3.69. The molecule has 2 N–H and O–H groups in total. The first-order valence-electron chi connectivity index (χ1n) is 6.33. The molecule has 1 aromatic carbocycles. The fourth-order valence-electron chi connectivity index (χ4n) is 2.57. The molecule has 1 aromatic rings. The maximum absolute atomic E-state index is 12.0. The van der Waals surface area contributed by atoms with Crippen molar-refractivity contribution in [3.8, 4) is 12.1 Å². The minimum absolute atomic E-state index is 0.124. The van der Waals surface area contributed by atoms with Crippen LogP contribution in [0.25, 0.3) is 0 Å². The minimum Gasteiger partial charge on any atom is -0.384 e. The van der Waals surface area contributed by atoms with Gasteiger partial charge in [0.2, 0.25) is 5.91 Å². The molecule has 0 saturated carbocycles. The molecule has 22 heavy (non-hydrogen) atoms. The van der Waals surface area contributed by atoms with Crippen molar-refractivity contribution in [2.24, 2.45) is 5.73 Å². The molecule has 0 radical (unpaired) electrons. The van der Waals surface area contributed by atoms with E-state index in [2.05, 4.69) is 28.1 Å². The van der Waals surface area contributed by atoms with Crippen LogP contribution in [0, 0.1) is 22.7 Å². The van der Waals surface area contributed by atoms with Gasteiger partial charge in [0.15, 0.2) is 0 Å². The Hall–Kier alpha value is -2.22. The molecule has 1 unspecified atom stereocenters. The Morgan fingerprint density at radius 2 is 1.86 bits per heavy atom. The highest BCUT2D eigenvalue weighted by Crippen LogP contribution is 2.46. The van der Waals surface area contributed by atoms with Crippen molar-refractivity contribution in [1.29, 1.82) is 10.5 Å². The second-order valence-electron chi connectivity index (χ2n) is 4.74. The molecule has 2 aliphatic rings. The molecule has 1 amide bonds. The van der Waals surface area contributed by atoms with Crippen LogP contribution in [0.1, 0.15) is 11.5 Å². The zero-order valence-electron chi connectivity index (χ0n) is 11.2. The largest absolute Gasteiger partial charge is 0.384 e. The number of nitriles is 2. The zero-order valence-corrected chi connectivity index (χ0v) is 13.6. The lowest BCUT2D eigenvalue weighted by atomic mass is 9.84. The van der Waals surface area contributed by atoms with E-state index in [0.717, 1.165) is 10.0 Å². The molecule has 108 valence electrons. The summed E-state index contributed by atoms with van der Waals surface area (Å²) in [5.74, 6) is -0.382. The van der Waals surface area contributed by atoms with Gasteiger partial charge in [-0.1, -0.05) is 39.8 Å². The number of nitrogens with zero attached hydrogens (tertiary/aromatic N) is 3. The lowest BCUT2D eigenvalue weighted by molar-refractivity contribution is -0.124. The second-order valence-corrected chi connectivity index (χ2v) is 6.62. The zero-order chi connectivity index (χ0) is 15.9. The topological polar surface area (TPSA) is 93.9 Å². The summed E-state index contributed by atoms with van der Waals surface area (Å²) in [6.45, 7) is 0. The van der Waals surface area contributed by atoms with Crippen LogP contribution in [-0.2, 0) is 4.79 Å². The average Bonchev–Trinajstić information content (AvgIpc) is 2.90. The fourth-order valence-corrected chi connectivity index (χ4v) is 3.88. The van der Waals surface area contributed by atoms with Crippen molar-refractivity contribution < 1.29 is 4.79 Å². The predicted molar refractivity (Wildman–Crippen MR) is 85.7 cm³/mol. The van der Waals surface area contributed by atoms with Gasteiger partial charge in [-0.3, -0.25) is 9.69 Å². The number of benzene rings is 1. The van der Waals surface area contributed by atoms with Crippen molar-refractivity contribution in [1.82, 2.24) is 4.90 Å². The van der Waals surface area contributed by atoms with Crippen LogP contribution in [0.5, 0.6) is 0 Å². The van der Waals surface area contributed by atoms with Gasteiger partial charge in [0.25, 0.3) is 0 Å². The third-order valence-corrected chi connectivity index (χ3v) is 5.15. The normalized spacial score (nSPS) is 20.8. The summed E-state index contributed by atoms with van der Waals surface area (Å²) < 4.78 is 0.903. The summed E-state index contributed by atoms with van der Waals surface area (Å²) in [6.07, 6.45) is 0. The van der Waals surface area contributed by atoms with Crippen molar-refractivity contribution in [3.63, 3.8) is 0 Å². The van der Waals surface area contributed by atoms with Crippen molar-refractivity contribution >= 4 is 33.6 Å². The highest BCUT2D eigenvalue weighted by Gasteiger charge is 2.41. The van der Waals surface area contributed by atoms with Gasteiger partial charge in [0.1, 0.15) is 5.82 Å². The Morgan fingerprint density at radius 1 is 1.23 bits per heavy atom. The summed E-state index contributed by atoms with van der Waals surface area (Å²) in [4.78, 5) is 13.3. The Balaban J connectivity index is 2.23. The molecular formula is C15H9BrN4OS. The van der Waals surface area contributed by atoms with E-state index in [9.17, 15) is 15.3 Å². The third-order valence-electron chi connectivity index (χ3n) is 3.55. The summed E-state index contributed by atoms with van der Waals surface area (Å²) >= 11 is 4.65. The van der Waals surface area contributed by atoms with Crippen LogP contribution in [-0.4, -0.2) is 16.6 Å². The van der Waals surface area contributed by atoms with E-state index in [0.29, 0.717) is 10.6 Å².